The minimum absolute atomic E-state index is 0.0968. The third-order valence-corrected chi connectivity index (χ3v) is 4.26. The van der Waals surface area contributed by atoms with Gasteiger partial charge in [0.1, 0.15) is 0 Å². The summed E-state index contributed by atoms with van der Waals surface area (Å²) in [5, 5.41) is 0. The Balaban J connectivity index is 2.04. The summed E-state index contributed by atoms with van der Waals surface area (Å²) in [6, 6.07) is 5.36. The van der Waals surface area contributed by atoms with E-state index in [1.807, 2.05) is 13.0 Å². The number of amides is 1. The summed E-state index contributed by atoms with van der Waals surface area (Å²) in [6.07, 6.45) is 1.02. The third kappa shape index (κ3) is 5.01. The average molecular weight is 335 g/mol. The minimum atomic E-state index is -0.616. The topological polar surface area (TPSA) is 64.5 Å². The van der Waals surface area contributed by atoms with E-state index in [9.17, 15) is 4.79 Å². The van der Waals surface area contributed by atoms with Gasteiger partial charge in [0.2, 0.25) is 5.88 Å². The summed E-state index contributed by atoms with van der Waals surface area (Å²) in [6.45, 7) is 5.16. The second-order valence-corrected chi connectivity index (χ2v) is 5.98. The average Bonchev–Trinajstić information content (AvgIpc) is 2.96. The van der Waals surface area contributed by atoms with Gasteiger partial charge in [0.15, 0.2) is 6.10 Å². The van der Waals surface area contributed by atoms with Crippen molar-refractivity contribution in [3.63, 3.8) is 0 Å². The maximum absolute atomic E-state index is 12.7. The van der Waals surface area contributed by atoms with Crippen molar-refractivity contribution in [2.24, 2.45) is 0 Å². The van der Waals surface area contributed by atoms with Gasteiger partial charge in [0.25, 0.3) is 5.91 Å². The molecule has 2 rings (SSSR count). The van der Waals surface area contributed by atoms with Crippen LogP contribution < -0.4 is 4.74 Å². The van der Waals surface area contributed by atoms with Gasteiger partial charge in [-0.2, -0.15) is 0 Å². The van der Waals surface area contributed by atoms with E-state index < -0.39 is 6.10 Å². The molecule has 0 aromatic carbocycles. The lowest BCUT2D eigenvalue weighted by molar-refractivity contribution is -0.139. The zero-order valence-electron chi connectivity index (χ0n) is 13.6. The molecule has 2 aromatic rings. The first-order chi connectivity index (χ1) is 11.1. The van der Waals surface area contributed by atoms with Gasteiger partial charge in [-0.1, -0.05) is 6.07 Å². The van der Waals surface area contributed by atoms with E-state index in [-0.39, 0.29) is 5.91 Å². The first-order valence-electron chi connectivity index (χ1n) is 7.36. The minimum Gasteiger partial charge on any atom is -0.465 e. The van der Waals surface area contributed by atoms with Crippen molar-refractivity contribution < 1.29 is 14.3 Å². The molecule has 0 fully saturated rings. The first kappa shape index (κ1) is 17.4. The molecule has 0 saturated carbocycles. The highest BCUT2D eigenvalue weighted by molar-refractivity contribution is 7.09. The molecule has 0 spiro atoms. The van der Waals surface area contributed by atoms with Crippen LogP contribution in [0.5, 0.6) is 5.88 Å². The Morgan fingerprint density at radius 3 is 2.83 bits per heavy atom. The molecule has 0 aliphatic heterocycles. The predicted octanol–water partition coefficient (Wildman–Crippen LogP) is 2.29. The van der Waals surface area contributed by atoms with E-state index in [2.05, 4.69) is 9.97 Å². The largest absolute Gasteiger partial charge is 0.465 e. The molecular weight excluding hydrogens is 314 g/mol. The van der Waals surface area contributed by atoms with Crippen molar-refractivity contribution in [1.82, 2.24) is 14.9 Å². The number of pyridine rings is 1. The summed E-state index contributed by atoms with van der Waals surface area (Å²) in [7, 11) is 1.62. The smallest absolute Gasteiger partial charge is 0.263 e. The molecule has 0 radical (unpaired) electrons. The molecule has 6 nitrogen and oxygen atoms in total. The molecule has 1 atom stereocenters. The summed E-state index contributed by atoms with van der Waals surface area (Å²) < 4.78 is 10.7. The molecule has 0 aliphatic rings. The van der Waals surface area contributed by atoms with Crippen molar-refractivity contribution in [2.45, 2.75) is 26.5 Å². The van der Waals surface area contributed by atoms with Crippen LogP contribution in [-0.2, 0) is 16.1 Å². The quantitative estimate of drug-likeness (QED) is 0.740. The van der Waals surface area contributed by atoms with Crippen LogP contribution in [0.25, 0.3) is 0 Å². The summed E-state index contributed by atoms with van der Waals surface area (Å²) >= 11 is 1.55. The fourth-order valence-corrected chi connectivity index (χ4v) is 2.82. The molecule has 2 aromatic heterocycles. The molecule has 1 unspecified atom stereocenters. The van der Waals surface area contributed by atoms with Gasteiger partial charge in [-0.3, -0.25) is 4.79 Å². The second-order valence-electron chi connectivity index (χ2n) is 5.04. The zero-order chi connectivity index (χ0) is 16.7. The van der Waals surface area contributed by atoms with Crippen LogP contribution in [0, 0.1) is 6.92 Å². The number of aromatic nitrogens is 2. The number of aryl methyl sites for hydroxylation is 1. The molecule has 23 heavy (non-hydrogen) atoms. The highest BCUT2D eigenvalue weighted by Crippen LogP contribution is 2.16. The first-order valence-corrected chi connectivity index (χ1v) is 8.24. The lowest BCUT2D eigenvalue weighted by Gasteiger charge is -2.25. The Kier molecular flexibility index (Phi) is 6.49. The Bertz CT molecular complexity index is 618. The SMILES string of the molecule is COCCN(Cc1scnc1C)C(=O)C(C)Oc1ccccn1. The van der Waals surface area contributed by atoms with Crippen molar-refractivity contribution in [1.29, 1.82) is 0 Å². The van der Waals surface area contributed by atoms with Crippen LogP contribution in [-0.4, -0.2) is 47.1 Å². The number of thiazole rings is 1. The van der Waals surface area contributed by atoms with Crippen LogP contribution in [0.3, 0.4) is 0 Å². The van der Waals surface area contributed by atoms with Gasteiger partial charge in [-0.15, -0.1) is 11.3 Å². The number of hydrogen-bond donors (Lipinski definition) is 0. The molecule has 0 saturated heterocycles. The van der Waals surface area contributed by atoms with E-state index in [1.54, 1.807) is 54.1 Å². The maximum Gasteiger partial charge on any atom is 0.263 e. The second kappa shape index (κ2) is 8.59. The van der Waals surface area contributed by atoms with Gasteiger partial charge in [-0.25, -0.2) is 9.97 Å². The van der Waals surface area contributed by atoms with Crippen LogP contribution >= 0.6 is 11.3 Å². The van der Waals surface area contributed by atoms with E-state index in [0.29, 0.717) is 25.6 Å². The van der Waals surface area contributed by atoms with Crippen molar-refractivity contribution in [2.75, 3.05) is 20.3 Å². The normalized spacial score (nSPS) is 12.0. The Morgan fingerprint density at radius 2 is 2.22 bits per heavy atom. The molecule has 0 bridgehead atoms. The van der Waals surface area contributed by atoms with Crippen LogP contribution in [0.2, 0.25) is 0 Å². The lowest BCUT2D eigenvalue weighted by atomic mass is 10.3. The molecule has 0 N–H and O–H groups in total. The van der Waals surface area contributed by atoms with Crippen LogP contribution in [0.1, 0.15) is 17.5 Å². The maximum atomic E-state index is 12.7. The number of hydrogen-bond acceptors (Lipinski definition) is 6. The van der Waals surface area contributed by atoms with Gasteiger partial charge in [0.05, 0.1) is 24.4 Å². The van der Waals surface area contributed by atoms with Gasteiger partial charge >= 0.3 is 0 Å². The number of rotatable bonds is 8. The Morgan fingerprint density at radius 1 is 1.39 bits per heavy atom. The Hall–Kier alpha value is -1.99. The van der Waals surface area contributed by atoms with Crippen molar-refractivity contribution >= 4 is 17.2 Å². The fraction of sp³-hybridized carbons (Fsp3) is 0.438. The summed E-state index contributed by atoms with van der Waals surface area (Å²) in [5.74, 6) is 0.342. The molecule has 1 amide bonds. The van der Waals surface area contributed by atoms with E-state index in [1.165, 1.54) is 0 Å². The van der Waals surface area contributed by atoms with Crippen LogP contribution in [0.4, 0.5) is 0 Å². The predicted molar refractivity (Wildman–Crippen MR) is 88.5 cm³/mol. The summed E-state index contributed by atoms with van der Waals surface area (Å²) in [4.78, 5) is 23.8. The van der Waals surface area contributed by atoms with E-state index in [4.69, 9.17) is 9.47 Å². The third-order valence-electron chi connectivity index (χ3n) is 3.34. The monoisotopic (exact) mass is 335 g/mol. The number of carbonyl (C=O) groups excluding carboxylic acids is 1. The van der Waals surface area contributed by atoms with Gasteiger partial charge < -0.3 is 14.4 Å². The highest BCUT2D eigenvalue weighted by Gasteiger charge is 2.23. The molecule has 2 heterocycles. The summed E-state index contributed by atoms with van der Waals surface area (Å²) in [5.41, 5.74) is 2.74. The molecular formula is C16H21N3O3S. The van der Waals surface area contributed by atoms with Crippen molar-refractivity contribution in [3.8, 4) is 5.88 Å². The van der Waals surface area contributed by atoms with Gasteiger partial charge in [0, 0.05) is 30.8 Å². The van der Waals surface area contributed by atoms with Crippen LogP contribution in [0.15, 0.2) is 29.9 Å². The van der Waals surface area contributed by atoms with Crippen molar-refractivity contribution in [3.05, 3.63) is 40.5 Å². The molecule has 124 valence electrons. The zero-order valence-corrected chi connectivity index (χ0v) is 14.4. The Labute approximate surface area is 140 Å². The number of ether oxygens (including phenoxy) is 2. The lowest BCUT2D eigenvalue weighted by Crippen LogP contribution is -2.41. The number of nitrogens with zero attached hydrogens (tertiary/aromatic N) is 3. The van der Waals surface area contributed by atoms with Gasteiger partial charge in [-0.05, 0) is 19.9 Å². The fourth-order valence-electron chi connectivity index (χ4n) is 2.03. The molecule has 0 aliphatic carbocycles. The van der Waals surface area contributed by atoms with E-state index >= 15 is 0 Å². The number of methoxy groups -OCH3 is 1. The standard InChI is InChI=1S/C16H21N3O3S/c1-12-14(23-11-18-12)10-19(8-9-21-3)16(20)13(2)22-15-6-4-5-7-17-15/h4-7,11,13H,8-10H2,1-3H3. The molecule has 7 heteroatoms. The van der Waals surface area contributed by atoms with E-state index in [0.717, 1.165) is 10.6 Å². The highest BCUT2D eigenvalue weighted by atomic mass is 32.1. The number of carbonyl (C=O) groups is 1.